The summed E-state index contributed by atoms with van der Waals surface area (Å²) in [5.74, 6) is 1.20. The normalized spacial score (nSPS) is 27.5. The maximum absolute atomic E-state index is 12.6. The van der Waals surface area contributed by atoms with Gasteiger partial charge in [0.1, 0.15) is 5.75 Å². The number of methoxy groups -OCH3 is 1. The van der Waals surface area contributed by atoms with Crippen molar-refractivity contribution in [3.05, 3.63) is 23.9 Å². The fourth-order valence-electron chi connectivity index (χ4n) is 3.88. The largest absolute Gasteiger partial charge is 0.497 e. The lowest BCUT2D eigenvalue weighted by Crippen LogP contribution is -2.44. The number of hydrogen-bond donors (Lipinski definition) is 2. The third-order valence-electron chi connectivity index (χ3n) is 5.12. The summed E-state index contributed by atoms with van der Waals surface area (Å²) in [6, 6.07) is 6.47. The molecule has 0 spiro atoms. The molecule has 2 aliphatic rings. The van der Waals surface area contributed by atoms with Crippen LogP contribution in [0.5, 0.6) is 5.75 Å². The Morgan fingerprint density at radius 1 is 1.45 bits per heavy atom. The van der Waals surface area contributed by atoms with Gasteiger partial charge < -0.3 is 15.0 Å². The fourth-order valence-corrected chi connectivity index (χ4v) is 3.88. The van der Waals surface area contributed by atoms with Crippen LogP contribution in [-0.2, 0) is 0 Å². The Labute approximate surface area is 128 Å². The van der Waals surface area contributed by atoms with Crippen LogP contribution in [0.1, 0.15) is 23.3 Å². The first-order valence-corrected chi connectivity index (χ1v) is 7.69. The Hall–Kier alpha value is -2.08. The molecular weight excluding hydrogens is 280 g/mol. The van der Waals surface area contributed by atoms with E-state index in [0.717, 1.165) is 29.6 Å². The Morgan fingerprint density at radius 2 is 2.32 bits per heavy atom. The molecule has 3 unspecified atom stereocenters. The monoisotopic (exact) mass is 300 g/mol. The summed E-state index contributed by atoms with van der Waals surface area (Å²) < 4.78 is 5.23. The first kappa shape index (κ1) is 13.6. The molecule has 2 heterocycles. The Bertz CT molecular complexity index is 724. The highest BCUT2D eigenvalue weighted by molar-refractivity contribution is 6.05. The molecule has 2 N–H and O–H groups in total. The van der Waals surface area contributed by atoms with Gasteiger partial charge in [-0.3, -0.25) is 9.89 Å². The average molecular weight is 300 g/mol. The third kappa shape index (κ3) is 2.06. The lowest BCUT2D eigenvalue weighted by Gasteiger charge is -2.28. The van der Waals surface area contributed by atoms with Gasteiger partial charge >= 0.3 is 0 Å². The summed E-state index contributed by atoms with van der Waals surface area (Å²) in [7, 11) is 3.78. The van der Waals surface area contributed by atoms with Crippen LogP contribution in [0.4, 0.5) is 0 Å². The van der Waals surface area contributed by atoms with Crippen molar-refractivity contribution >= 4 is 16.8 Å². The Morgan fingerprint density at radius 3 is 3.00 bits per heavy atom. The number of hydrogen-bond acceptors (Lipinski definition) is 4. The van der Waals surface area contributed by atoms with Crippen molar-refractivity contribution in [2.45, 2.75) is 24.9 Å². The highest BCUT2D eigenvalue weighted by Crippen LogP contribution is 2.36. The highest BCUT2D eigenvalue weighted by Gasteiger charge is 2.43. The second-order valence-corrected chi connectivity index (χ2v) is 6.39. The van der Waals surface area contributed by atoms with Gasteiger partial charge in [0, 0.05) is 24.0 Å². The predicted molar refractivity (Wildman–Crippen MR) is 83.0 cm³/mol. The second-order valence-electron chi connectivity index (χ2n) is 6.39. The lowest BCUT2D eigenvalue weighted by atomic mass is 10.0. The van der Waals surface area contributed by atoms with Crippen LogP contribution in [0.25, 0.3) is 10.9 Å². The van der Waals surface area contributed by atoms with Crippen molar-refractivity contribution < 1.29 is 9.53 Å². The quantitative estimate of drug-likeness (QED) is 0.899. The summed E-state index contributed by atoms with van der Waals surface area (Å²) in [5, 5.41) is 11.1. The average Bonchev–Trinajstić information content (AvgIpc) is 3.19. The molecule has 1 saturated carbocycles. The molecule has 2 bridgehead atoms. The number of aromatic amines is 1. The summed E-state index contributed by atoms with van der Waals surface area (Å²) in [5.41, 5.74) is 1.30. The van der Waals surface area contributed by atoms with Crippen LogP contribution in [0.2, 0.25) is 0 Å². The van der Waals surface area contributed by atoms with Crippen molar-refractivity contribution in [1.82, 2.24) is 20.4 Å². The second kappa shape index (κ2) is 4.98. The summed E-state index contributed by atoms with van der Waals surface area (Å²) in [6.45, 7) is 1.07. The van der Waals surface area contributed by atoms with Crippen LogP contribution in [0, 0.1) is 5.92 Å². The van der Waals surface area contributed by atoms with Crippen molar-refractivity contribution in [2.24, 2.45) is 5.92 Å². The van der Waals surface area contributed by atoms with E-state index >= 15 is 0 Å². The van der Waals surface area contributed by atoms with E-state index in [2.05, 4.69) is 27.5 Å². The van der Waals surface area contributed by atoms with Gasteiger partial charge in [-0.1, -0.05) is 0 Å². The van der Waals surface area contributed by atoms with Gasteiger partial charge in [-0.05, 0) is 44.0 Å². The number of amides is 1. The molecule has 1 aromatic heterocycles. The van der Waals surface area contributed by atoms with Crippen LogP contribution in [0.3, 0.4) is 0 Å². The van der Waals surface area contributed by atoms with Gasteiger partial charge in [-0.15, -0.1) is 0 Å². The third-order valence-corrected chi connectivity index (χ3v) is 5.12. The van der Waals surface area contributed by atoms with Gasteiger partial charge in [0.25, 0.3) is 5.91 Å². The SMILES string of the molecule is COc1ccc2[nH]nc(C(=O)NC3CC4CC3CN4C)c2c1. The van der Waals surface area contributed by atoms with Crippen molar-refractivity contribution in [2.75, 3.05) is 20.7 Å². The molecule has 3 atom stereocenters. The van der Waals surface area contributed by atoms with Gasteiger partial charge in [0.2, 0.25) is 0 Å². The highest BCUT2D eigenvalue weighted by atomic mass is 16.5. The molecule has 1 saturated heterocycles. The number of carbonyl (C=O) groups is 1. The number of rotatable bonds is 3. The maximum Gasteiger partial charge on any atom is 0.272 e. The standard InChI is InChI=1S/C16H20N4O2/c1-20-8-9-5-10(20)6-14(9)17-16(21)15-12-7-11(22-2)3-4-13(12)18-19-15/h3-4,7,9-10,14H,5-6,8H2,1-2H3,(H,17,21)(H,18,19). The molecule has 1 aromatic carbocycles. The van der Waals surface area contributed by atoms with Gasteiger partial charge in [0.05, 0.1) is 12.6 Å². The van der Waals surface area contributed by atoms with Gasteiger partial charge in [-0.2, -0.15) is 5.10 Å². The van der Waals surface area contributed by atoms with Crippen molar-refractivity contribution in [3.63, 3.8) is 0 Å². The maximum atomic E-state index is 12.6. The molecular formula is C16H20N4O2. The molecule has 2 fully saturated rings. The number of nitrogens with one attached hydrogen (secondary N) is 2. The first-order valence-electron chi connectivity index (χ1n) is 7.69. The smallest absolute Gasteiger partial charge is 0.272 e. The van der Waals surface area contributed by atoms with Crippen LogP contribution >= 0.6 is 0 Å². The number of fused-ring (bicyclic) bond motifs is 3. The Balaban J connectivity index is 1.56. The van der Waals surface area contributed by atoms with E-state index in [4.69, 9.17) is 4.74 Å². The zero-order valence-corrected chi connectivity index (χ0v) is 12.8. The van der Waals surface area contributed by atoms with Crippen LogP contribution in [-0.4, -0.2) is 53.8 Å². The van der Waals surface area contributed by atoms with E-state index in [1.807, 2.05) is 18.2 Å². The number of nitrogens with zero attached hydrogens (tertiary/aromatic N) is 2. The van der Waals surface area contributed by atoms with E-state index in [1.54, 1.807) is 7.11 Å². The first-order chi connectivity index (χ1) is 10.7. The molecule has 6 heteroatoms. The summed E-state index contributed by atoms with van der Waals surface area (Å²) in [4.78, 5) is 15.0. The van der Waals surface area contributed by atoms with E-state index in [-0.39, 0.29) is 11.9 Å². The molecule has 1 aliphatic carbocycles. The van der Waals surface area contributed by atoms with E-state index in [9.17, 15) is 4.79 Å². The summed E-state index contributed by atoms with van der Waals surface area (Å²) >= 11 is 0. The number of benzene rings is 1. The minimum atomic E-state index is -0.0975. The minimum Gasteiger partial charge on any atom is -0.497 e. The molecule has 1 amide bonds. The zero-order valence-electron chi connectivity index (χ0n) is 12.8. The van der Waals surface area contributed by atoms with Crippen molar-refractivity contribution in [1.29, 1.82) is 0 Å². The fraction of sp³-hybridized carbons (Fsp3) is 0.500. The van der Waals surface area contributed by atoms with Crippen LogP contribution < -0.4 is 10.1 Å². The Kier molecular flexibility index (Phi) is 3.07. The number of piperidine rings is 1. The lowest BCUT2D eigenvalue weighted by molar-refractivity contribution is 0.0909. The van der Waals surface area contributed by atoms with Gasteiger partial charge in [-0.25, -0.2) is 0 Å². The van der Waals surface area contributed by atoms with Crippen molar-refractivity contribution in [3.8, 4) is 5.75 Å². The number of H-pyrrole nitrogens is 1. The minimum absolute atomic E-state index is 0.0975. The molecule has 2 aromatic rings. The number of ether oxygens (including phenoxy) is 1. The topological polar surface area (TPSA) is 70.2 Å². The van der Waals surface area contributed by atoms with E-state index in [1.165, 1.54) is 6.42 Å². The molecule has 0 radical (unpaired) electrons. The number of carbonyl (C=O) groups excluding carboxylic acids is 1. The summed E-state index contributed by atoms with van der Waals surface area (Å²) in [6.07, 6.45) is 2.23. The van der Waals surface area contributed by atoms with E-state index in [0.29, 0.717) is 17.7 Å². The molecule has 1 aliphatic heterocycles. The number of likely N-dealkylation sites (tertiary alicyclic amines) is 1. The van der Waals surface area contributed by atoms with Gasteiger partial charge in [0.15, 0.2) is 5.69 Å². The predicted octanol–water partition coefficient (Wildman–Crippen LogP) is 1.39. The molecule has 22 heavy (non-hydrogen) atoms. The molecule has 116 valence electrons. The van der Waals surface area contributed by atoms with E-state index < -0.39 is 0 Å². The zero-order chi connectivity index (χ0) is 15.3. The number of aromatic nitrogens is 2. The van der Waals surface area contributed by atoms with Crippen LogP contribution in [0.15, 0.2) is 18.2 Å². The molecule has 4 rings (SSSR count). The molecule has 6 nitrogen and oxygen atoms in total.